The van der Waals surface area contributed by atoms with Crippen molar-refractivity contribution < 1.29 is 0 Å². The predicted molar refractivity (Wildman–Crippen MR) is 88.0 cm³/mol. The lowest BCUT2D eigenvalue weighted by Gasteiger charge is -2.04. The SMILES string of the molecule is ClCCCCSCc1ccc(-c2ccccc2)cc1. The van der Waals surface area contributed by atoms with Crippen LogP contribution in [0.5, 0.6) is 0 Å². The van der Waals surface area contributed by atoms with Gasteiger partial charge in [0.05, 0.1) is 0 Å². The van der Waals surface area contributed by atoms with Crippen molar-refractivity contribution in [3.05, 3.63) is 60.2 Å². The summed E-state index contributed by atoms with van der Waals surface area (Å²) in [5.41, 5.74) is 3.97. The minimum absolute atomic E-state index is 0.784. The zero-order valence-electron chi connectivity index (χ0n) is 11.0. The van der Waals surface area contributed by atoms with E-state index in [9.17, 15) is 0 Å². The van der Waals surface area contributed by atoms with Crippen LogP contribution < -0.4 is 0 Å². The molecule has 19 heavy (non-hydrogen) atoms. The third-order valence-corrected chi connectivity index (χ3v) is 4.38. The van der Waals surface area contributed by atoms with E-state index >= 15 is 0 Å². The quantitative estimate of drug-likeness (QED) is 0.472. The molecule has 0 spiro atoms. The van der Waals surface area contributed by atoms with E-state index in [1.165, 1.54) is 28.9 Å². The van der Waals surface area contributed by atoms with Gasteiger partial charge in [0.15, 0.2) is 0 Å². The molecule has 0 aromatic heterocycles. The smallest absolute Gasteiger partial charge is 0.0223 e. The highest BCUT2D eigenvalue weighted by Gasteiger charge is 1.98. The van der Waals surface area contributed by atoms with Gasteiger partial charge in [0.25, 0.3) is 0 Å². The Labute approximate surface area is 125 Å². The number of thioether (sulfide) groups is 1. The van der Waals surface area contributed by atoms with Crippen molar-refractivity contribution in [3.63, 3.8) is 0 Å². The summed E-state index contributed by atoms with van der Waals surface area (Å²) in [6.07, 6.45) is 2.35. The van der Waals surface area contributed by atoms with E-state index in [4.69, 9.17) is 11.6 Å². The van der Waals surface area contributed by atoms with Gasteiger partial charge in [-0.15, -0.1) is 11.6 Å². The van der Waals surface area contributed by atoms with Gasteiger partial charge < -0.3 is 0 Å². The number of hydrogen-bond acceptors (Lipinski definition) is 1. The van der Waals surface area contributed by atoms with Crippen LogP contribution in [-0.2, 0) is 5.75 Å². The van der Waals surface area contributed by atoms with Crippen molar-refractivity contribution in [2.75, 3.05) is 11.6 Å². The molecular formula is C17H19ClS. The minimum Gasteiger partial charge on any atom is -0.157 e. The first kappa shape index (κ1) is 14.5. The molecule has 0 saturated carbocycles. The molecule has 2 aromatic carbocycles. The molecule has 2 heteroatoms. The molecule has 0 aliphatic carbocycles. The van der Waals surface area contributed by atoms with E-state index in [1.807, 2.05) is 11.8 Å². The van der Waals surface area contributed by atoms with E-state index < -0.39 is 0 Å². The molecule has 0 amide bonds. The molecule has 0 bridgehead atoms. The zero-order chi connectivity index (χ0) is 13.3. The van der Waals surface area contributed by atoms with Crippen LogP contribution in [0, 0.1) is 0 Å². The first-order valence-electron chi connectivity index (χ1n) is 6.68. The maximum absolute atomic E-state index is 5.66. The summed E-state index contributed by atoms with van der Waals surface area (Å²) in [7, 11) is 0. The number of hydrogen-bond donors (Lipinski definition) is 0. The van der Waals surface area contributed by atoms with E-state index in [0.29, 0.717) is 0 Å². The second-order valence-electron chi connectivity index (χ2n) is 4.51. The van der Waals surface area contributed by atoms with Gasteiger partial charge >= 0.3 is 0 Å². The molecule has 0 unspecified atom stereocenters. The highest BCUT2D eigenvalue weighted by molar-refractivity contribution is 7.98. The number of rotatable bonds is 7. The van der Waals surface area contributed by atoms with Gasteiger partial charge in [-0.2, -0.15) is 11.8 Å². The minimum atomic E-state index is 0.784. The third-order valence-electron chi connectivity index (χ3n) is 3.00. The maximum atomic E-state index is 5.66. The van der Waals surface area contributed by atoms with Gasteiger partial charge in [-0.25, -0.2) is 0 Å². The lowest BCUT2D eigenvalue weighted by molar-refractivity contribution is 0.902. The summed E-state index contributed by atoms with van der Waals surface area (Å²) in [4.78, 5) is 0. The second kappa shape index (κ2) is 8.29. The van der Waals surface area contributed by atoms with Crippen molar-refractivity contribution in [1.82, 2.24) is 0 Å². The van der Waals surface area contributed by atoms with E-state index in [-0.39, 0.29) is 0 Å². The fourth-order valence-electron chi connectivity index (χ4n) is 1.91. The molecule has 0 fully saturated rings. The van der Waals surface area contributed by atoms with E-state index in [2.05, 4.69) is 54.6 Å². The van der Waals surface area contributed by atoms with Crippen molar-refractivity contribution in [3.8, 4) is 11.1 Å². The fraction of sp³-hybridized carbons (Fsp3) is 0.294. The standard InChI is InChI=1S/C17H19ClS/c18-12-4-5-13-19-14-15-8-10-17(11-9-15)16-6-2-1-3-7-16/h1-3,6-11H,4-5,12-14H2. The summed E-state index contributed by atoms with van der Waals surface area (Å²) in [6, 6.07) is 19.4. The summed E-state index contributed by atoms with van der Waals surface area (Å²) in [5.74, 6) is 3.08. The van der Waals surface area contributed by atoms with Crippen LogP contribution >= 0.6 is 23.4 Å². The molecule has 0 heterocycles. The van der Waals surface area contributed by atoms with Crippen LogP contribution in [0.3, 0.4) is 0 Å². The molecule has 0 atom stereocenters. The summed E-state index contributed by atoms with van der Waals surface area (Å²) >= 11 is 7.65. The largest absolute Gasteiger partial charge is 0.157 e. The van der Waals surface area contributed by atoms with Crippen molar-refractivity contribution in [1.29, 1.82) is 0 Å². The van der Waals surface area contributed by atoms with Gasteiger partial charge in [0, 0.05) is 11.6 Å². The maximum Gasteiger partial charge on any atom is 0.0223 e. The summed E-state index contributed by atoms with van der Waals surface area (Å²) in [6.45, 7) is 0. The van der Waals surface area contributed by atoms with Crippen molar-refractivity contribution in [2.24, 2.45) is 0 Å². The average Bonchev–Trinajstić information content (AvgIpc) is 2.49. The van der Waals surface area contributed by atoms with Gasteiger partial charge in [0.1, 0.15) is 0 Å². The van der Waals surface area contributed by atoms with Gasteiger partial charge in [0.2, 0.25) is 0 Å². The third kappa shape index (κ3) is 4.93. The summed E-state index contributed by atoms with van der Waals surface area (Å²) in [5, 5.41) is 0. The molecule has 0 saturated heterocycles. The Bertz CT molecular complexity index is 464. The van der Waals surface area contributed by atoms with Gasteiger partial charge in [-0.1, -0.05) is 54.6 Å². The molecule has 0 aliphatic rings. The number of halogens is 1. The monoisotopic (exact) mass is 290 g/mol. The number of alkyl halides is 1. The number of benzene rings is 2. The van der Waals surface area contributed by atoms with Crippen LogP contribution in [0.2, 0.25) is 0 Å². The highest BCUT2D eigenvalue weighted by atomic mass is 35.5. The Hall–Kier alpha value is -0.920. The predicted octanol–water partition coefficient (Wildman–Crippen LogP) is 5.61. The Morgan fingerprint density at radius 1 is 0.789 bits per heavy atom. The Kier molecular flexibility index (Phi) is 6.32. The Morgan fingerprint density at radius 2 is 1.47 bits per heavy atom. The lowest BCUT2D eigenvalue weighted by atomic mass is 10.0. The van der Waals surface area contributed by atoms with E-state index in [1.54, 1.807) is 0 Å². The van der Waals surface area contributed by atoms with Crippen molar-refractivity contribution in [2.45, 2.75) is 18.6 Å². The molecule has 2 rings (SSSR count). The number of unbranched alkanes of at least 4 members (excludes halogenated alkanes) is 1. The molecule has 0 aliphatic heterocycles. The van der Waals surface area contributed by atoms with Crippen LogP contribution in [0.1, 0.15) is 18.4 Å². The molecule has 0 radical (unpaired) electrons. The van der Waals surface area contributed by atoms with Crippen LogP contribution in [0.4, 0.5) is 0 Å². The van der Waals surface area contributed by atoms with Gasteiger partial charge in [-0.05, 0) is 35.3 Å². The molecule has 2 aromatic rings. The average molecular weight is 291 g/mol. The summed E-state index contributed by atoms with van der Waals surface area (Å²) < 4.78 is 0. The van der Waals surface area contributed by atoms with Crippen LogP contribution in [-0.4, -0.2) is 11.6 Å². The Balaban J connectivity index is 1.85. The topological polar surface area (TPSA) is 0 Å². The van der Waals surface area contributed by atoms with Crippen molar-refractivity contribution >= 4 is 23.4 Å². The normalized spacial score (nSPS) is 10.6. The van der Waals surface area contributed by atoms with Gasteiger partial charge in [-0.3, -0.25) is 0 Å². The second-order valence-corrected chi connectivity index (χ2v) is 5.99. The molecular weight excluding hydrogens is 272 g/mol. The molecule has 0 nitrogen and oxygen atoms in total. The highest BCUT2D eigenvalue weighted by Crippen LogP contribution is 2.21. The first-order valence-corrected chi connectivity index (χ1v) is 8.37. The molecule has 100 valence electrons. The van der Waals surface area contributed by atoms with Crippen LogP contribution in [0.25, 0.3) is 11.1 Å². The molecule has 0 N–H and O–H groups in total. The lowest BCUT2D eigenvalue weighted by Crippen LogP contribution is -1.85. The van der Waals surface area contributed by atoms with Crippen LogP contribution in [0.15, 0.2) is 54.6 Å². The van der Waals surface area contributed by atoms with E-state index in [0.717, 1.165) is 18.1 Å². The Morgan fingerprint density at radius 3 is 2.16 bits per heavy atom. The fourth-order valence-corrected chi connectivity index (χ4v) is 3.08. The first-order chi connectivity index (χ1) is 9.40. The zero-order valence-corrected chi connectivity index (χ0v) is 12.6.